The minimum absolute atomic E-state index is 0.723. The lowest BCUT2D eigenvalue weighted by atomic mass is 9.95. The molecule has 0 aliphatic rings. The molecule has 0 radical (unpaired) electrons. The highest BCUT2D eigenvalue weighted by Crippen LogP contribution is 2.44. The Balaban J connectivity index is 2.42. The quantitative estimate of drug-likeness (QED) is 0.504. The highest BCUT2D eigenvalue weighted by atomic mass is 16.5. The number of aryl methyl sites for hydroxylation is 2. The summed E-state index contributed by atoms with van der Waals surface area (Å²) >= 11 is 0. The van der Waals surface area contributed by atoms with Gasteiger partial charge in [0.1, 0.15) is 11.5 Å². The Morgan fingerprint density at radius 3 is 1.92 bits per heavy atom. The fourth-order valence-corrected chi connectivity index (χ4v) is 3.17. The molecule has 0 saturated heterocycles. The molecule has 126 valence electrons. The first-order chi connectivity index (χ1) is 11.7. The summed E-state index contributed by atoms with van der Waals surface area (Å²) in [5.74, 6) is 1.97. The van der Waals surface area contributed by atoms with Gasteiger partial charge in [-0.15, -0.1) is 0 Å². The molecule has 0 N–H and O–H groups in total. The molecule has 0 aliphatic carbocycles. The van der Waals surface area contributed by atoms with Crippen molar-refractivity contribution in [3.63, 3.8) is 0 Å². The second-order valence-corrected chi connectivity index (χ2v) is 6.33. The maximum absolute atomic E-state index is 6.22. The van der Waals surface area contributed by atoms with Crippen LogP contribution in [0.2, 0.25) is 0 Å². The molecule has 0 fully saturated rings. The molecule has 0 aromatic heterocycles. The lowest BCUT2D eigenvalue weighted by Crippen LogP contribution is -2.02. The zero-order valence-electron chi connectivity index (χ0n) is 15.1. The molecule has 0 unspecified atom stereocenters. The number of hydrogen-bond acceptors (Lipinski definition) is 2. The molecule has 2 heteroatoms. The summed E-state index contributed by atoms with van der Waals surface area (Å²) in [7, 11) is 0. The van der Waals surface area contributed by atoms with E-state index in [2.05, 4.69) is 64.1 Å². The fraction of sp³-hybridized carbons (Fsp3) is 0.364. The molecule has 2 nitrogen and oxygen atoms in total. The predicted molar refractivity (Wildman–Crippen MR) is 103 cm³/mol. The van der Waals surface area contributed by atoms with Gasteiger partial charge in [0.2, 0.25) is 0 Å². The van der Waals surface area contributed by atoms with Crippen LogP contribution in [-0.2, 0) is 0 Å². The Labute approximate surface area is 144 Å². The van der Waals surface area contributed by atoms with E-state index in [0.29, 0.717) is 0 Å². The highest BCUT2D eigenvalue weighted by molar-refractivity contribution is 6.12. The van der Waals surface area contributed by atoms with E-state index < -0.39 is 0 Å². The van der Waals surface area contributed by atoms with Gasteiger partial charge in [-0.2, -0.15) is 0 Å². The first-order valence-electron chi connectivity index (χ1n) is 8.89. The molecule has 0 spiro atoms. The number of fused-ring (bicyclic) bond motifs is 2. The van der Waals surface area contributed by atoms with Crippen molar-refractivity contribution >= 4 is 21.5 Å². The molecule has 0 saturated carbocycles. The van der Waals surface area contributed by atoms with Crippen molar-refractivity contribution in [2.75, 3.05) is 13.2 Å². The van der Waals surface area contributed by atoms with Gasteiger partial charge in [-0.05, 0) is 37.8 Å². The van der Waals surface area contributed by atoms with Crippen LogP contribution in [0.15, 0.2) is 36.4 Å². The van der Waals surface area contributed by atoms with Gasteiger partial charge < -0.3 is 9.47 Å². The first kappa shape index (κ1) is 16.6. The number of rotatable bonds is 6. The number of benzene rings is 3. The molecule has 0 aliphatic heterocycles. The molecule has 0 amide bonds. The summed E-state index contributed by atoms with van der Waals surface area (Å²) in [6.07, 6.45) is 1.99. The van der Waals surface area contributed by atoms with Gasteiger partial charge in [-0.25, -0.2) is 0 Å². The molecular weight excluding hydrogens is 296 g/mol. The van der Waals surface area contributed by atoms with Crippen molar-refractivity contribution in [2.24, 2.45) is 0 Å². The molecular formula is C22H26O2. The summed E-state index contributed by atoms with van der Waals surface area (Å²) in [6.45, 7) is 10.1. The van der Waals surface area contributed by atoms with E-state index in [4.69, 9.17) is 9.47 Å². The van der Waals surface area contributed by atoms with Gasteiger partial charge in [-0.1, -0.05) is 50.2 Å². The zero-order chi connectivity index (χ0) is 17.1. The van der Waals surface area contributed by atoms with Crippen LogP contribution < -0.4 is 9.47 Å². The molecule has 0 bridgehead atoms. The van der Waals surface area contributed by atoms with E-state index in [0.717, 1.165) is 53.7 Å². The Morgan fingerprint density at radius 1 is 0.708 bits per heavy atom. The normalized spacial score (nSPS) is 11.2. The molecule has 0 heterocycles. The van der Waals surface area contributed by atoms with E-state index in [1.54, 1.807) is 0 Å². The van der Waals surface area contributed by atoms with Crippen molar-refractivity contribution in [2.45, 2.75) is 40.5 Å². The molecule has 3 aromatic carbocycles. The van der Waals surface area contributed by atoms with Crippen LogP contribution in [0.3, 0.4) is 0 Å². The van der Waals surface area contributed by atoms with E-state index in [-0.39, 0.29) is 0 Å². The van der Waals surface area contributed by atoms with Crippen molar-refractivity contribution in [1.29, 1.82) is 0 Å². The highest BCUT2D eigenvalue weighted by Gasteiger charge is 2.18. The van der Waals surface area contributed by atoms with Crippen molar-refractivity contribution < 1.29 is 9.47 Å². The van der Waals surface area contributed by atoms with E-state index in [1.165, 1.54) is 16.5 Å². The van der Waals surface area contributed by atoms with E-state index in [1.807, 2.05) is 0 Å². The third kappa shape index (κ3) is 2.82. The average Bonchev–Trinajstić information content (AvgIpc) is 2.61. The van der Waals surface area contributed by atoms with Crippen LogP contribution in [0.1, 0.15) is 37.8 Å². The minimum atomic E-state index is 0.723. The predicted octanol–water partition coefficient (Wildman–Crippen LogP) is 6.19. The Hall–Kier alpha value is -2.22. The first-order valence-corrected chi connectivity index (χ1v) is 8.89. The van der Waals surface area contributed by atoms with Crippen LogP contribution in [-0.4, -0.2) is 13.2 Å². The van der Waals surface area contributed by atoms with Gasteiger partial charge in [0.25, 0.3) is 0 Å². The largest absolute Gasteiger partial charge is 0.492 e. The zero-order valence-corrected chi connectivity index (χ0v) is 15.1. The van der Waals surface area contributed by atoms with Gasteiger partial charge >= 0.3 is 0 Å². The number of ether oxygens (including phenoxy) is 2. The van der Waals surface area contributed by atoms with Gasteiger partial charge in [0.05, 0.1) is 13.2 Å². The molecule has 3 aromatic rings. The van der Waals surface area contributed by atoms with E-state index >= 15 is 0 Å². The summed E-state index contributed by atoms with van der Waals surface area (Å²) in [4.78, 5) is 0. The maximum atomic E-state index is 6.22. The molecule has 3 rings (SSSR count). The van der Waals surface area contributed by atoms with Gasteiger partial charge in [-0.3, -0.25) is 0 Å². The topological polar surface area (TPSA) is 18.5 Å². The Morgan fingerprint density at radius 2 is 1.29 bits per heavy atom. The smallest absolute Gasteiger partial charge is 0.135 e. The maximum Gasteiger partial charge on any atom is 0.135 e. The van der Waals surface area contributed by atoms with Crippen LogP contribution >= 0.6 is 0 Å². The molecule has 0 atom stereocenters. The summed E-state index contributed by atoms with van der Waals surface area (Å²) < 4.78 is 12.4. The number of hydrogen-bond donors (Lipinski definition) is 0. The minimum Gasteiger partial charge on any atom is -0.492 e. The van der Waals surface area contributed by atoms with Gasteiger partial charge in [0, 0.05) is 21.5 Å². The third-order valence-electron chi connectivity index (χ3n) is 4.52. The summed E-state index contributed by atoms with van der Waals surface area (Å²) in [6, 6.07) is 12.8. The van der Waals surface area contributed by atoms with Crippen LogP contribution in [0.5, 0.6) is 11.5 Å². The van der Waals surface area contributed by atoms with Gasteiger partial charge in [0.15, 0.2) is 0 Å². The summed E-state index contributed by atoms with van der Waals surface area (Å²) in [5.41, 5.74) is 2.55. The van der Waals surface area contributed by atoms with Crippen molar-refractivity contribution in [3.05, 3.63) is 47.5 Å². The second kappa shape index (κ2) is 7.12. The van der Waals surface area contributed by atoms with Crippen LogP contribution in [0, 0.1) is 13.8 Å². The lowest BCUT2D eigenvalue weighted by Gasteiger charge is -2.19. The second-order valence-electron chi connectivity index (χ2n) is 6.33. The van der Waals surface area contributed by atoms with Crippen LogP contribution in [0.25, 0.3) is 21.5 Å². The van der Waals surface area contributed by atoms with Crippen LogP contribution in [0.4, 0.5) is 0 Å². The Bertz CT molecular complexity index is 865. The standard InChI is InChI=1S/C22H26O2/c1-5-13-23-21-17-9-7-8-10-18(17)22(24-14-6-2)20-16(4)15(3)11-12-19(20)21/h7-12H,5-6,13-14H2,1-4H3. The Kier molecular flexibility index (Phi) is 4.94. The summed E-state index contributed by atoms with van der Waals surface area (Å²) in [5, 5.41) is 4.61. The van der Waals surface area contributed by atoms with Crippen molar-refractivity contribution in [1.82, 2.24) is 0 Å². The lowest BCUT2D eigenvalue weighted by molar-refractivity contribution is 0.319. The SMILES string of the molecule is CCCOc1c2ccccc2c(OCCC)c2c(C)c(C)ccc12. The fourth-order valence-electron chi connectivity index (χ4n) is 3.17. The molecule has 24 heavy (non-hydrogen) atoms. The van der Waals surface area contributed by atoms with E-state index in [9.17, 15) is 0 Å². The monoisotopic (exact) mass is 322 g/mol. The average molecular weight is 322 g/mol. The van der Waals surface area contributed by atoms with Crippen molar-refractivity contribution in [3.8, 4) is 11.5 Å². The third-order valence-corrected chi connectivity index (χ3v) is 4.52.